The van der Waals surface area contributed by atoms with Crippen LogP contribution in [0.25, 0.3) is 33.2 Å². The molecule has 0 saturated carbocycles. The Bertz CT molecular complexity index is 1440. The average Bonchev–Trinajstić information content (AvgIpc) is 3.19. The van der Waals surface area contributed by atoms with E-state index in [0.29, 0.717) is 18.8 Å². The topological polar surface area (TPSA) is 85.9 Å². The van der Waals surface area contributed by atoms with Crippen molar-refractivity contribution in [2.75, 3.05) is 6.54 Å². The van der Waals surface area contributed by atoms with Crippen molar-refractivity contribution in [3.8, 4) is 17.0 Å². The molecule has 6 nitrogen and oxygen atoms in total. The number of hydrogen-bond donors (Lipinski definition) is 2. The maximum absolute atomic E-state index is 12.9. The standard InChI is InChI=1S/C26H24N4O2/c27-13-6-14-30-16-21(25-26(31)29-23-10-5-4-9-22(23)28-25)20-15-19(11-12-24(20)30)32-17-18-7-2-1-3-8-18/h1-5,7-12,15-16H,6,13-14,17,27H2,(H,29,31). The zero-order valence-electron chi connectivity index (χ0n) is 17.6. The van der Waals surface area contributed by atoms with Gasteiger partial charge in [-0.25, -0.2) is 4.98 Å². The number of H-pyrrole nitrogens is 1. The van der Waals surface area contributed by atoms with E-state index in [1.54, 1.807) is 0 Å². The van der Waals surface area contributed by atoms with Crippen molar-refractivity contribution < 1.29 is 4.74 Å². The lowest BCUT2D eigenvalue weighted by atomic mass is 10.1. The zero-order valence-corrected chi connectivity index (χ0v) is 17.6. The van der Waals surface area contributed by atoms with E-state index in [9.17, 15) is 4.79 Å². The molecule has 2 heterocycles. The summed E-state index contributed by atoms with van der Waals surface area (Å²) in [7, 11) is 0. The van der Waals surface area contributed by atoms with Gasteiger partial charge in [0.05, 0.1) is 11.0 Å². The van der Waals surface area contributed by atoms with Crippen molar-refractivity contribution in [2.45, 2.75) is 19.6 Å². The van der Waals surface area contributed by atoms with Gasteiger partial charge in [-0.1, -0.05) is 42.5 Å². The van der Waals surface area contributed by atoms with Crippen molar-refractivity contribution in [3.05, 3.63) is 94.9 Å². The highest BCUT2D eigenvalue weighted by Gasteiger charge is 2.16. The summed E-state index contributed by atoms with van der Waals surface area (Å²) in [4.78, 5) is 20.6. The van der Waals surface area contributed by atoms with E-state index in [-0.39, 0.29) is 5.56 Å². The number of aromatic nitrogens is 3. The Balaban J connectivity index is 1.60. The largest absolute Gasteiger partial charge is 0.489 e. The second kappa shape index (κ2) is 8.69. The summed E-state index contributed by atoms with van der Waals surface area (Å²) in [5, 5.41) is 0.931. The Morgan fingerprint density at radius 3 is 2.66 bits per heavy atom. The molecule has 0 radical (unpaired) electrons. The molecule has 0 aliphatic heterocycles. The van der Waals surface area contributed by atoms with E-state index in [1.165, 1.54) is 0 Å². The molecule has 3 aromatic carbocycles. The average molecular weight is 425 g/mol. The van der Waals surface area contributed by atoms with E-state index < -0.39 is 0 Å². The fourth-order valence-corrected chi connectivity index (χ4v) is 3.95. The van der Waals surface area contributed by atoms with Crippen LogP contribution in [0.2, 0.25) is 0 Å². The first kappa shape index (κ1) is 20.0. The van der Waals surface area contributed by atoms with Gasteiger partial charge in [0.1, 0.15) is 18.1 Å². The van der Waals surface area contributed by atoms with Gasteiger partial charge in [-0.15, -0.1) is 0 Å². The lowest BCUT2D eigenvalue weighted by Gasteiger charge is -2.08. The Kier molecular flexibility index (Phi) is 5.44. The fraction of sp³-hybridized carbons (Fsp3) is 0.154. The van der Waals surface area contributed by atoms with Crippen molar-refractivity contribution in [1.82, 2.24) is 14.5 Å². The molecule has 2 aromatic heterocycles. The van der Waals surface area contributed by atoms with Crippen molar-refractivity contribution in [2.24, 2.45) is 5.73 Å². The third kappa shape index (κ3) is 3.88. The van der Waals surface area contributed by atoms with Crippen LogP contribution < -0.4 is 16.0 Å². The van der Waals surface area contributed by atoms with Gasteiger partial charge in [0, 0.05) is 29.2 Å². The number of rotatable bonds is 7. The third-order valence-corrected chi connectivity index (χ3v) is 5.56. The van der Waals surface area contributed by atoms with Crippen molar-refractivity contribution in [1.29, 1.82) is 0 Å². The quantitative estimate of drug-likeness (QED) is 0.404. The lowest BCUT2D eigenvalue weighted by Crippen LogP contribution is -2.11. The minimum atomic E-state index is -0.211. The molecular formula is C26H24N4O2. The molecule has 0 saturated heterocycles. The number of ether oxygens (including phenoxy) is 1. The van der Waals surface area contributed by atoms with Crippen LogP contribution in [-0.2, 0) is 13.2 Å². The molecule has 0 amide bonds. The molecular weight excluding hydrogens is 400 g/mol. The van der Waals surface area contributed by atoms with Crippen LogP contribution in [0.3, 0.4) is 0 Å². The van der Waals surface area contributed by atoms with E-state index >= 15 is 0 Å². The molecule has 5 aromatic rings. The number of fused-ring (bicyclic) bond motifs is 2. The van der Waals surface area contributed by atoms with Crippen LogP contribution in [0.4, 0.5) is 0 Å². The molecule has 5 rings (SSSR count). The number of nitrogens with zero attached hydrogens (tertiary/aromatic N) is 2. The molecule has 32 heavy (non-hydrogen) atoms. The summed E-state index contributed by atoms with van der Waals surface area (Å²) < 4.78 is 8.18. The summed E-state index contributed by atoms with van der Waals surface area (Å²) in [5.41, 5.74) is 10.3. The highest BCUT2D eigenvalue weighted by atomic mass is 16.5. The van der Waals surface area contributed by atoms with Crippen molar-refractivity contribution >= 4 is 21.9 Å². The van der Waals surface area contributed by atoms with Gasteiger partial charge in [-0.05, 0) is 48.9 Å². The molecule has 3 N–H and O–H groups in total. The number of hydrogen-bond acceptors (Lipinski definition) is 4. The van der Waals surface area contributed by atoms with Crippen LogP contribution in [0.1, 0.15) is 12.0 Å². The maximum Gasteiger partial charge on any atom is 0.275 e. The molecule has 0 aliphatic carbocycles. The summed E-state index contributed by atoms with van der Waals surface area (Å²) in [6, 6.07) is 23.6. The molecule has 0 fully saturated rings. The van der Waals surface area contributed by atoms with E-state index in [0.717, 1.165) is 51.8 Å². The molecule has 0 spiro atoms. The van der Waals surface area contributed by atoms with Crippen LogP contribution in [0.15, 0.2) is 83.8 Å². The van der Waals surface area contributed by atoms with Crippen molar-refractivity contribution in [3.63, 3.8) is 0 Å². The van der Waals surface area contributed by atoms with Gasteiger partial charge in [-0.3, -0.25) is 4.79 Å². The molecule has 0 aliphatic rings. The SMILES string of the molecule is NCCCn1cc(-c2nc3ccccc3[nH]c2=O)c2cc(OCc3ccccc3)ccc21. The summed E-state index contributed by atoms with van der Waals surface area (Å²) >= 11 is 0. The Morgan fingerprint density at radius 2 is 1.81 bits per heavy atom. The third-order valence-electron chi connectivity index (χ3n) is 5.56. The number of para-hydroxylation sites is 2. The maximum atomic E-state index is 12.9. The first-order valence-corrected chi connectivity index (χ1v) is 10.7. The fourth-order valence-electron chi connectivity index (χ4n) is 3.95. The smallest absolute Gasteiger partial charge is 0.275 e. The lowest BCUT2D eigenvalue weighted by molar-refractivity contribution is 0.306. The second-order valence-electron chi connectivity index (χ2n) is 7.76. The van der Waals surface area contributed by atoms with Crippen LogP contribution in [0, 0.1) is 0 Å². The predicted octanol–water partition coefficient (Wildman–Crippen LogP) is 4.47. The van der Waals surface area contributed by atoms with E-state index in [1.807, 2.05) is 79.0 Å². The summed E-state index contributed by atoms with van der Waals surface area (Å²) in [5.74, 6) is 0.747. The highest BCUT2D eigenvalue weighted by Crippen LogP contribution is 2.32. The normalized spacial score (nSPS) is 11.3. The number of aryl methyl sites for hydroxylation is 1. The molecule has 6 heteroatoms. The van der Waals surface area contributed by atoms with Gasteiger partial charge < -0.3 is 20.0 Å². The van der Waals surface area contributed by atoms with Gasteiger partial charge in [0.15, 0.2) is 0 Å². The molecule has 0 bridgehead atoms. The van der Waals surface area contributed by atoms with Gasteiger partial charge in [0.25, 0.3) is 5.56 Å². The number of nitrogens with one attached hydrogen (secondary N) is 1. The predicted molar refractivity (Wildman–Crippen MR) is 128 cm³/mol. The Labute approximate surface area is 185 Å². The number of nitrogens with two attached hydrogens (primary N) is 1. The van der Waals surface area contributed by atoms with Gasteiger partial charge >= 0.3 is 0 Å². The zero-order chi connectivity index (χ0) is 21.9. The second-order valence-corrected chi connectivity index (χ2v) is 7.76. The summed E-state index contributed by atoms with van der Waals surface area (Å²) in [6.07, 6.45) is 2.84. The minimum absolute atomic E-state index is 0.211. The van der Waals surface area contributed by atoms with E-state index in [2.05, 4.69) is 14.5 Å². The van der Waals surface area contributed by atoms with Crippen LogP contribution in [-0.4, -0.2) is 21.1 Å². The summed E-state index contributed by atoms with van der Waals surface area (Å²) in [6.45, 7) is 1.84. The number of aromatic amines is 1. The first-order valence-electron chi connectivity index (χ1n) is 10.7. The highest BCUT2D eigenvalue weighted by molar-refractivity contribution is 5.96. The first-order chi connectivity index (χ1) is 15.7. The van der Waals surface area contributed by atoms with Gasteiger partial charge in [-0.2, -0.15) is 0 Å². The molecule has 0 atom stereocenters. The molecule has 0 unspecified atom stereocenters. The molecule has 160 valence electrons. The Morgan fingerprint density at radius 1 is 1.00 bits per heavy atom. The van der Waals surface area contributed by atoms with Gasteiger partial charge in [0.2, 0.25) is 0 Å². The van der Waals surface area contributed by atoms with Crippen LogP contribution >= 0.6 is 0 Å². The minimum Gasteiger partial charge on any atom is -0.489 e. The monoisotopic (exact) mass is 424 g/mol. The number of benzene rings is 3. The van der Waals surface area contributed by atoms with Crippen LogP contribution in [0.5, 0.6) is 5.75 Å². The Hall–Kier alpha value is -3.90. The van der Waals surface area contributed by atoms with E-state index in [4.69, 9.17) is 10.5 Å².